The fourth-order valence-corrected chi connectivity index (χ4v) is 9.92. The summed E-state index contributed by atoms with van der Waals surface area (Å²) in [6.45, 7) is 2.62. The van der Waals surface area contributed by atoms with E-state index in [4.69, 9.17) is 18.9 Å². The van der Waals surface area contributed by atoms with Crippen molar-refractivity contribution in [3.63, 3.8) is 0 Å². The first-order chi connectivity index (χ1) is 39.6. The maximum atomic E-state index is 13.2. The average molecular weight is 1140 g/mol. The van der Waals surface area contributed by atoms with Gasteiger partial charge in [-0.1, -0.05) is 239 Å². The molecule has 12 atom stereocenters. The van der Waals surface area contributed by atoms with Crippen molar-refractivity contribution in [2.75, 3.05) is 19.8 Å². The van der Waals surface area contributed by atoms with E-state index in [1.807, 2.05) is 6.08 Å². The number of nitrogens with one attached hydrogen (secondary N) is 1. The van der Waals surface area contributed by atoms with Crippen LogP contribution in [-0.2, 0) is 23.7 Å². The summed E-state index contributed by atoms with van der Waals surface area (Å²) in [5.41, 5.74) is 0. The third-order valence-electron chi connectivity index (χ3n) is 15.0. The molecule has 0 aromatic rings. The molecule has 2 fully saturated rings. The Morgan fingerprint density at radius 3 is 1.31 bits per heavy atom. The highest BCUT2D eigenvalue weighted by atomic mass is 16.7. The zero-order valence-corrected chi connectivity index (χ0v) is 50.2. The Hall–Kier alpha value is -3.09. The quantitative estimate of drug-likeness (QED) is 0.0204. The van der Waals surface area contributed by atoms with Gasteiger partial charge in [-0.3, -0.25) is 4.79 Å². The highest BCUT2D eigenvalue weighted by Gasteiger charge is 2.51. The number of carbonyl (C=O) groups is 1. The molecule has 0 aromatic carbocycles. The third kappa shape index (κ3) is 36.4. The molecule has 0 aromatic heterocycles. The monoisotopic (exact) mass is 1140 g/mol. The first kappa shape index (κ1) is 74.0. The molecule has 2 heterocycles. The molecule has 12 unspecified atom stereocenters. The molecule has 14 heteroatoms. The van der Waals surface area contributed by atoms with E-state index in [1.165, 1.54) is 109 Å². The van der Waals surface area contributed by atoms with E-state index in [1.54, 1.807) is 6.08 Å². The molecule has 0 aliphatic carbocycles. The van der Waals surface area contributed by atoms with Gasteiger partial charge in [0.05, 0.1) is 32.0 Å². The Kier molecular flexibility index (Phi) is 46.9. The molecule has 14 nitrogen and oxygen atoms in total. The van der Waals surface area contributed by atoms with Crippen LogP contribution in [0.1, 0.15) is 226 Å². The molecule has 1 amide bonds. The van der Waals surface area contributed by atoms with Crippen LogP contribution < -0.4 is 5.32 Å². The van der Waals surface area contributed by atoms with Crippen molar-refractivity contribution >= 4 is 5.91 Å². The number of allylic oxidation sites excluding steroid dienone is 15. The average Bonchev–Trinajstić information content (AvgIpc) is 3.51. The van der Waals surface area contributed by atoms with Gasteiger partial charge in [-0.2, -0.15) is 0 Å². The van der Waals surface area contributed by atoms with E-state index >= 15 is 0 Å². The van der Waals surface area contributed by atoms with Gasteiger partial charge in [-0.05, 0) is 77.0 Å². The largest absolute Gasteiger partial charge is 0.394 e. The lowest BCUT2D eigenvalue weighted by atomic mass is 9.97. The van der Waals surface area contributed by atoms with E-state index in [9.17, 15) is 45.6 Å². The fourth-order valence-electron chi connectivity index (χ4n) is 9.92. The SMILES string of the molecule is CC/C=C\C/C=C\C/C=C\C/C=C\C/C=C\C/C=C\C/C=C\CCCCCCCCCCCCCCCCCCCC(=O)NC(COC1OC(CO)C(OC2OC(CO)C(O)C(O)C2O)C(O)C1O)C(O)/C=C/CCCCCCCC. The zero-order chi connectivity index (χ0) is 58.8. The second kappa shape index (κ2) is 51.3. The van der Waals surface area contributed by atoms with Crippen LogP contribution in [0.4, 0.5) is 0 Å². The standard InChI is InChI=1S/C67H115NO13/c1-3-5-7-9-11-13-14-15-16-17-18-19-20-21-22-23-24-25-26-27-28-29-30-31-32-33-34-35-36-37-38-39-40-41-42-43-45-47-49-51-59(72)68-55(56(71)50-48-46-44-12-10-8-6-4-2)54-78-66-64(77)62(75)65(58(53-70)80-66)81-67-63(76)61(74)60(73)57(52-69)79-67/h5,7,11,13,15-16,18-19,21-22,24-25,27-28,48,50,55-58,60-67,69-71,73-77H,3-4,6,8-10,12,14,17,20,23,26,29-47,49,51-54H2,1-2H3,(H,68,72)/b7-5-,13-11-,16-15-,19-18-,22-21-,25-24-,28-27-,50-48+. The molecule has 2 aliphatic heterocycles. The molecular weight excluding hydrogens is 1030 g/mol. The number of aliphatic hydroxyl groups excluding tert-OH is 8. The Bertz CT molecular complexity index is 1730. The van der Waals surface area contributed by atoms with E-state index in [0.29, 0.717) is 6.42 Å². The van der Waals surface area contributed by atoms with Crippen LogP contribution in [0.15, 0.2) is 97.2 Å². The van der Waals surface area contributed by atoms with Crippen molar-refractivity contribution in [1.82, 2.24) is 5.32 Å². The summed E-state index contributed by atoms with van der Waals surface area (Å²) in [6.07, 6.45) is 55.0. The van der Waals surface area contributed by atoms with Crippen LogP contribution in [0.25, 0.3) is 0 Å². The van der Waals surface area contributed by atoms with Gasteiger partial charge in [-0.25, -0.2) is 0 Å². The molecule has 2 aliphatic rings. The minimum absolute atomic E-state index is 0.245. The van der Waals surface area contributed by atoms with Gasteiger partial charge in [0.1, 0.15) is 48.8 Å². The van der Waals surface area contributed by atoms with Crippen molar-refractivity contribution in [3.8, 4) is 0 Å². The van der Waals surface area contributed by atoms with Gasteiger partial charge in [0.2, 0.25) is 5.91 Å². The van der Waals surface area contributed by atoms with Gasteiger partial charge in [-0.15, -0.1) is 0 Å². The first-order valence-electron chi connectivity index (χ1n) is 32.0. The molecular formula is C67H115NO13. The Balaban J connectivity index is 1.54. The van der Waals surface area contributed by atoms with Crippen LogP contribution in [0, 0.1) is 0 Å². The first-order valence-corrected chi connectivity index (χ1v) is 32.0. The number of ether oxygens (including phenoxy) is 4. The smallest absolute Gasteiger partial charge is 0.220 e. The molecule has 0 saturated carbocycles. The van der Waals surface area contributed by atoms with Crippen molar-refractivity contribution in [3.05, 3.63) is 97.2 Å². The molecule has 466 valence electrons. The number of unbranched alkanes of at least 4 members (excludes halogenated alkanes) is 23. The van der Waals surface area contributed by atoms with Crippen molar-refractivity contribution in [2.45, 2.75) is 299 Å². The van der Waals surface area contributed by atoms with Gasteiger partial charge in [0, 0.05) is 6.42 Å². The van der Waals surface area contributed by atoms with Crippen molar-refractivity contribution < 1.29 is 64.6 Å². The number of amides is 1. The topological polar surface area (TPSA) is 228 Å². The van der Waals surface area contributed by atoms with E-state index < -0.39 is 86.8 Å². The van der Waals surface area contributed by atoms with Gasteiger partial charge in [0.25, 0.3) is 0 Å². The second-order valence-corrected chi connectivity index (χ2v) is 22.2. The summed E-state index contributed by atoms with van der Waals surface area (Å²) in [7, 11) is 0. The summed E-state index contributed by atoms with van der Waals surface area (Å²) in [5.74, 6) is -0.245. The summed E-state index contributed by atoms with van der Waals surface area (Å²) < 4.78 is 22.7. The minimum atomic E-state index is -1.79. The van der Waals surface area contributed by atoms with E-state index in [2.05, 4.69) is 104 Å². The molecule has 0 radical (unpaired) electrons. The number of aliphatic hydroxyl groups is 8. The minimum Gasteiger partial charge on any atom is -0.394 e. The summed E-state index contributed by atoms with van der Waals surface area (Å²) in [6, 6.07) is -0.915. The van der Waals surface area contributed by atoms with Crippen LogP contribution in [0.3, 0.4) is 0 Å². The Labute approximate surface area is 490 Å². The summed E-state index contributed by atoms with van der Waals surface area (Å²) in [4.78, 5) is 13.2. The predicted octanol–water partition coefficient (Wildman–Crippen LogP) is 11.8. The lowest BCUT2D eigenvalue weighted by Gasteiger charge is -2.46. The number of rotatable bonds is 50. The van der Waals surface area contributed by atoms with Gasteiger partial charge in [0.15, 0.2) is 12.6 Å². The van der Waals surface area contributed by atoms with Crippen LogP contribution in [0.5, 0.6) is 0 Å². The lowest BCUT2D eigenvalue weighted by Crippen LogP contribution is -2.65. The van der Waals surface area contributed by atoms with Crippen molar-refractivity contribution in [1.29, 1.82) is 0 Å². The highest BCUT2D eigenvalue weighted by Crippen LogP contribution is 2.30. The molecule has 2 saturated heterocycles. The number of hydrogen-bond donors (Lipinski definition) is 9. The van der Waals surface area contributed by atoms with Gasteiger partial charge >= 0.3 is 0 Å². The van der Waals surface area contributed by atoms with Crippen LogP contribution >= 0.6 is 0 Å². The number of hydrogen-bond acceptors (Lipinski definition) is 13. The van der Waals surface area contributed by atoms with Crippen molar-refractivity contribution in [2.24, 2.45) is 0 Å². The fraction of sp³-hybridized carbons (Fsp3) is 0.746. The van der Waals surface area contributed by atoms with Gasteiger partial charge < -0.3 is 65.1 Å². The highest BCUT2D eigenvalue weighted by molar-refractivity contribution is 5.76. The normalized spacial score (nSPS) is 24.8. The lowest BCUT2D eigenvalue weighted by molar-refractivity contribution is -0.359. The Morgan fingerprint density at radius 2 is 0.852 bits per heavy atom. The molecule has 0 bridgehead atoms. The summed E-state index contributed by atoms with van der Waals surface area (Å²) >= 11 is 0. The molecule has 9 N–H and O–H groups in total. The van der Waals surface area contributed by atoms with Crippen LogP contribution in [0.2, 0.25) is 0 Å². The molecule has 81 heavy (non-hydrogen) atoms. The molecule has 0 spiro atoms. The number of carbonyl (C=O) groups excluding carboxylic acids is 1. The maximum Gasteiger partial charge on any atom is 0.220 e. The van der Waals surface area contributed by atoms with E-state index in [-0.39, 0.29) is 18.9 Å². The Morgan fingerprint density at radius 1 is 0.457 bits per heavy atom. The third-order valence-corrected chi connectivity index (χ3v) is 15.0. The predicted molar refractivity (Wildman–Crippen MR) is 327 cm³/mol. The zero-order valence-electron chi connectivity index (χ0n) is 50.2. The molecule has 2 rings (SSSR count). The second-order valence-electron chi connectivity index (χ2n) is 22.2. The summed E-state index contributed by atoms with van der Waals surface area (Å²) in [5, 5.41) is 86.8. The van der Waals surface area contributed by atoms with Crippen LogP contribution in [-0.4, -0.2) is 140 Å². The maximum absolute atomic E-state index is 13.2. The van der Waals surface area contributed by atoms with E-state index in [0.717, 1.165) is 89.9 Å².